The van der Waals surface area contributed by atoms with Crippen molar-refractivity contribution < 1.29 is 4.79 Å². The van der Waals surface area contributed by atoms with E-state index in [-0.39, 0.29) is 0 Å². The average Bonchev–Trinajstić information content (AvgIpc) is 3.03. The lowest BCUT2D eigenvalue weighted by Crippen LogP contribution is -2.19. The molecule has 1 aromatic heterocycles. The summed E-state index contributed by atoms with van der Waals surface area (Å²) in [4.78, 5) is 16.4. The molecule has 0 saturated heterocycles. The van der Waals surface area contributed by atoms with Crippen LogP contribution in [0.5, 0.6) is 0 Å². The van der Waals surface area contributed by atoms with Gasteiger partial charge >= 0.3 is 6.03 Å². The van der Waals surface area contributed by atoms with E-state index in [2.05, 4.69) is 21.7 Å². The lowest BCUT2D eigenvalue weighted by Gasteiger charge is -2.05. The highest BCUT2D eigenvalue weighted by Gasteiger charge is 2.08. The number of nitrogens with zero attached hydrogens (tertiary/aromatic N) is 2. The van der Waals surface area contributed by atoms with E-state index in [0.717, 1.165) is 11.3 Å². The Labute approximate surface area is 147 Å². The van der Waals surface area contributed by atoms with Crippen molar-refractivity contribution in [1.82, 2.24) is 4.98 Å². The minimum Gasteiger partial charge on any atom is -0.308 e. The van der Waals surface area contributed by atoms with Crippen molar-refractivity contribution in [2.75, 3.05) is 10.6 Å². The van der Waals surface area contributed by atoms with Gasteiger partial charge in [0.1, 0.15) is 0 Å². The highest BCUT2D eigenvalue weighted by atomic mass is 35.5. The van der Waals surface area contributed by atoms with Gasteiger partial charge in [-0.3, -0.25) is 5.32 Å². The fourth-order valence-corrected chi connectivity index (χ4v) is 2.91. The number of urea groups is 1. The van der Waals surface area contributed by atoms with E-state index in [9.17, 15) is 4.79 Å². The van der Waals surface area contributed by atoms with Crippen LogP contribution >= 0.6 is 22.9 Å². The van der Waals surface area contributed by atoms with Gasteiger partial charge in [-0.15, -0.1) is 11.3 Å². The predicted octanol–water partition coefficient (Wildman–Crippen LogP) is 4.98. The van der Waals surface area contributed by atoms with Gasteiger partial charge in [-0.2, -0.15) is 5.26 Å². The zero-order valence-electron chi connectivity index (χ0n) is 12.3. The SMILES string of the molecule is N#Cc1ccc(-c2csc(NC(=O)Nc3cccc(Cl)c3)n2)cc1. The second-order valence-corrected chi connectivity index (χ2v) is 6.11. The van der Waals surface area contributed by atoms with Gasteiger partial charge in [-0.1, -0.05) is 29.8 Å². The molecule has 3 rings (SSSR count). The molecular weight excluding hydrogens is 344 g/mol. The van der Waals surface area contributed by atoms with E-state index in [1.54, 1.807) is 36.4 Å². The summed E-state index contributed by atoms with van der Waals surface area (Å²) in [5.41, 5.74) is 2.81. The van der Waals surface area contributed by atoms with Crippen LogP contribution in [0.1, 0.15) is 5.56 Å². The first kappa shape index (κ1) is 16.0. The third-order valence-corrected chi connectivity index (χ3v) is 4.11. The maximum absolute atomic E-state index is 12.0. The van der Waals surface area contributed by atoms with Crippen LogP contribution in [-0.2, 0) is 0 Å². The number of amides is 2. The van der Waals surface area contributed by atoms with Crippen molar-refractivity contribution in [2.24, 2.45) is 0 Å². The normalized spacial score (nSPS) is 10.0. The number of rotatable bonds is 3. The quantitative estimate of drug-likeness (QED) is 0.696. The Morgan fingerprint density at radius 1 is 1.17 bits per heavy atom. The molecule has 0 spiro atoms. The van der Waals surface area contributed by atoms with Crippen LogP contribution in [0.4, 0.5) is 15.6 Å². The average molecular weight is 355 g/mol. The summed E-state index contributed by atoms with van der Waals surface area (Å²) in [5.74, 6) is 0. The Bertz CT molecular complexity index is 915. The van der Waals surface area contributed by atoms with E-state index in [1.807, 2.05) is 17.5 Å². The van der Waals surface area contributed by atoms with Crippen LogP contribution in [0, 0.1) is 11.3 Å². The lowest BCUT2D eigenvalue weighted by molar-refractivity contribution is 0.262. The molecule has 7 heteroatoms. The largest absolute Gasteiger partial charge is 0.325 e. The van der Waals surface area contributed by atoms with Crippen molar-refractivity contribution in [3.8, 4) is 17.3 Å². The van der Waals surface area contributed by atoms with Gasteiger partial charge in [-0.25, -0.2) is 9.78 Å². The molecule has 2 aromatic carbocycles. The number of hydrogen-bond donors (Lipinski definition) is 2. The lowest BCUT2D eigenvalue weighted by atomic mass is 10.1. The number of benzene rings is 2. The third kappa shape index (κ3) is 3.90. The molecule has 0 aliphatic heterocycles. The number of carbonyl (C=O) groups is 1. The summed E-state index contributed by atoms with van der Waals surface area (Å²) in [7, 11) is 0. The second kappa shape index (κ2) is 7.13. The number of hydrogen-bond acceptors (Lipinski definition) is 4. The standard InChI is InChI=1S/C17H11ClN4OS/c18-13-2-1-3-14(8-13)20-16(23)22-17-21-15(10-24-17)12-6-4-11(9-19)5-7-12/h1-8,10H,(H2,20,21,22,23). The zero-order valence-corrected chi connectivity index (χ0v) is 13.9. The Morgan fingerprint density at radius 2 is 1.96 bits per heavy atom. The molecule has 0 aliphatic carbocycles. The molecule has 0 bridgehead atoms. The number of thiazole rings is 1. The van der Waals surface area contributed by atoms with Crippen molar-refractivity contribution in [3.63, 3.8) is 0 Å². The summed E-state index contributed by atoms with van der Waals surface area (Å²) < 4.78 is 0. The van der Waals surface area contributed by atoms with E-state index < -0.39 is 6.03 Å². The van der Waals surface area contributed by atoms with Crippen LogP contribution in [0.15, 0.2) is 53.9 Å². The predicted molar refractivity (Wildman–Crippen MR) is 96.4 cm³/mol. The van der Waals surface area contributed by atoms with Gasteiger partial charge in [0.15, 0.2) is 5.13 Å². The molecule has 2 N–H and O–H groups in total. The Morgan fingerprint density at radius 3 is 2.67 bits per heavy atom. The van der Waals surface area contributed by atoms with Gasteiger partial charge in [0.05, 0.1) is 17.3 Å². The highest BCUT2D eigenvalue weighted by Crippen LogP contribution is 2.25. The monoisotopic (exact) mass is 354 g/mol. The van der Waals surface area contributed by atoms with E-state index in [4.69, 9.17) is 16.9 Å². The van der Waals surface area contributed by atoms with Crippen LogP contribution in [-0.4, -0.2) is 11.0 Å². The van der Waals surface area contributed by atoms with Gasteiger partial charge in [0.2, 0.25) is 0 Å². The maximum Gasteiger partial charge on any atom is 0.325 e. The third-order valence-electron chi connectivity index (χ3n) is 3.12. The molecule has 5 nitrogen and oxygen atoms in total. The van der Waals surface area contributed by atoms with Crippen molar-refractivity contribution in [2.45, 2.75) is 0 Å². The molecule has 24 heavy (non-hydrogen) atoms. The molecule has 0 aliphatic rings. The van der Waals surface area contributed by atoms with Gasteiger partial charge < -0.3 is 5.32 Å². The molecule has 0 atom stereocenters. The molecule has 0 unspecified atom stereocenters. The van der Waals surface area contributed by atoms with E-state index >= 15 is 0 Å². The molecule has 3 aromatic rings. The molecule has 0 radical (unpaired) electrons. The summed E-state index contributed by atoms with van der Waals surface area (Å²) in [6.45, 7) is 0. The topological polar surface area (TPSA) is 77.8 Å². The van der Waals surface area contributed by atoms with Crippen molar-refractivity contribution >= 4 is 39.8 Å². The molecule has 0 saturated carbocycles. The fourth-order valence-electron chi connectivity index (χ4n) is 2.00. The first-order valence-corrected chi connectivity index (χ1v) is 8.19. The maximum atomic E-state index is 12.0. The molecule has 0 fully saturated rings. The Balaban J connectivity index is 1.67. The molecule has 2 amide bonds. The summed E-state index contributed by atoms with van der Waals surface area (Å²) >= 11 is 7.20. The van der Waals surface area contributed by atoms with E-state index in [0.29, 0.717) is 21.4 Å². The zero-order chi connectivity index (χ0) is 16.9. The van der Waals surface area contributed by atoms with Crippen LogP contribution in [0.2, 0.25) is 5.02 Å². The fraction of sp³-hybridized carbons (Fsp3) is 0. The first-order chi connectivity index (χ1) is 11.6. The number of aromatic nitrogens is 1. The number of halogens is 1. The minimum atomic E-state index is -0.391. The van der Waals surface area contributed by atoms with Crippen molar-refractivity contribution in [1.29, 1.82) is 5.26 Å². The second-order valence-electron chi connectivity index (χ2n) is 4.82. The Kier molecular flexibility index (Phi) is 4.75. The number of anilines is 2. The van der Waals surface area contributed by atoms with Crippen LogP contribution in [0.3, 0.4) is 0 Å². The minimum absolute atomic E-state index is 0.391. The first-order valence-electron chi connectivity index (χ1n) is 6.94. The van der Waals surface area contributed by atoms with Gasteiger partial charge in [-0.05, 0) is 30.3 Å². The summed E-state index contributed by atoms with van der Waals surface area (Å²) in [6, 6.07) is 15.7. The van der Waals surface area contributed by atoms with E-state index in [1.165, 1.54) is 11.3 Å². The number of carbonyl (C=O) groups excluding carboxylic acids is 1. The van der Waals surface area contributed by atoms with Crippen LogP contribution < -0.4 is 10.6 Å². The van der Waals surface area contributed by atoms with Crippen LogP contribution in [0.25, 0.3) is 11.3 Å². The summed E-state index contributed by atoms with van der Waals surface area (Å²) in [6.07, 6.45) is 0. The Hall–Kier alpha value is -2.88. The highest BCUT2D eigenvalue weighted by molar-refractivity contribution is 7.14. The molecular formula is C17H11ClN4OS. The summed E-state index contributed by atoms with van der Waals surface area (Å²) in [5, 5.41) is 17.1. The molecule has 1 heterocycles. The smallest absolute Gasteiger partial charge is 0.308 e. The molecule has 118 valence electrons. The van der Waals surface area contributed by atoms with Crippen molar-refractivity contribution in [3.05, 3.63) is 64.5 Å². The van der Waals surface area contributed by atoms with Gasteiger partial charge in [0, 0.05) is 21.7 Å². The number of nitriles is 1. The van der Waals surface area contributed by atoms with Gasteiger partial charge in [0.25, 0.3) is 0 Å². The number of nitrogens with one attached hydrogen (secondary N) is 2.